The molecule has 4 nitrogen and oxygen atoms in total. The van der Waals surface area contributed by atoms with Crippen LogP contribution in [0.4, 0.5) is 0 Å². The fourth-order valence-electron chi connectivity index (χ4n) is 1.36. The number of aliphatic hydroxyl groups is 1. The third kappa shape index (κ3) is 2.67. The standard InChI is InChI=1S/C9H18O4/c1-5-7(8(10)11)9(3,12)6(2)13-4/h6-7,12H,5H2,1-4H3,(H,10,11). The Hall–Kier alpha value is -0.610. The number of ether oxygens (including phenoxy) is 1. The van der Waals surface area contributed by atoms with Crippen molar-refractivity contribution in [2.75, 3.05) is 7.11 Å². The molecule has 2 N–H and O–H groups in total. The summed E-state index contributed by atoms with van der Waals surface area (Å²) in [5.74, 6) is -1.78. The first-order chi connectivity index (χ1) is 5.87. The molecular weight excluding hydrogens is 172 g/mol. The summed E-state index contributed by atoms with van der Waals surface area (Å²) in [7, 11) is 1.45. The lowest BCUT2D eigenvalue weighted by molar-refractivity contribution is -0.162. The summed E-state index contributed by atoms with van der Waals surface area (Å²) in [5.41, 5.74) is -1.32. The highest BCUT2D eigenvalue weighted by atomic mass is 16.5. The average molecular weight is 190 g/mol. The molecule has 4 heteroatoms. The van der Waals surface area contributed by atoms with Gasteiger partial charge in [-0.05, 0) is 20.3 Å². The highest BCUT2D eigenvalue weighted by Crippen LogP contribution is 2.25. The third-order valence-electron chi connectivity index (χ3n) is 2.59. The van der Waals surface area contributed by atoms with Gasteiger partial charge >= 0.3 is 5.97 Å². The van der Waals surface area contributed by atoms with Crippen LogP contribution in [0.2, 0.25) is 0 Å². The van der Waals surface area contributed by atoms with Gasteiger partial charge in [0.05, 0.1) is 12.0 Å². The predicted molar refractivity (Wildman–Crippen MR) is 48.5 cm³/mol. The maximum absolute atomic E-state index is 10.8. The molecule has 0 saturated heterocycles. The van der Waals surface area contributed by atoms with Gasteiger partial charge in [-0.2, -0.15) is 0 Å². The van der Waals surface area contributed by atoms with Gasteiger partial charge in [-0.15, -0.1) is 0 Å². The van der Waals surface area contributed by atoms with Crippen molar-refractivity contribution in [3.8, 4) is 0 Å². The number of carbonyl (C=O) groups is 1. The normalized spacial score (nSPS) is 20.4. The first kappa shape index (κ1) is 12.4. The van der Waals surface area contributed by atoms with Crippen molar-refractivity contribution in [2.45, 2.75) is 38.9 Å². The molecule has 0 aromatic carbocycles. The van der Waals surface area contributed by atoms with Gasteiger partial charge in [0.15, 0.2) is 0 Å². The van der Waals surface area contributed by atoms with Crippen molar-refractivity contribution in [3.63, 3.8) is 0 Å². The Morgan fingerprint density at radius 3 is 2.31 bits per heavy atom. The fourth-order valence-corrected chi connectivity index (χ4v) is 1.36. The van der Waals surface area contributed by atoms with Gasteiger partial charge in [0, 0.05) is 7.11 Å². The molecule has 0 heterocycles. The summed E-state index contributed by atoms with van der Waals surface area (Å²) in [4.78, 5) is 10.8. The van der Waals surface area contributed by atoms with E-state index in [0.717, 1.165) is 0 Å². The second kappa shape index (κ2) is 4.58. The fraction of sp³-hybridized carbons (Fsp3) is 0.889. The number of methoxy groups -OCH3 is 1. The summed E-state index contributed by atoms with van der Waals surface area (Å²) in [6.45, 7) is 4.88. The zero-order valence-corrected chi connectivity index (χ0v) is 8.57. The van der Waals surface area contributed by atoms with Crippen molar-refractivity contribution < 1.29 is 19.7 Å². The summed E-state index contributed by atoms with van der Waals surface area (Å²) in [5, 5.41) is 18.7. The molecule has 0 rings (SSSR count). The minimum atomic E-state index is -1.32. The molecule has 0 aromatic rings. The first-order valence-corrected chi connectivity index (χ1v) is 4.35. The molecule has 0 amide bonds. The molecular formula is C9H18O4. The monoisotopic (exact) mass is 190 g/mol. The Balaban J connectivity index is 4.65. The van der Waals surface area contributed by atoms with E-state index in [1.54, 1.807) is 13.8 Å². The van der Waals surface area contributed by atoms with E-state index < -0.39 is 23.6 Å². The zero-order valence-electron chi connectivity index (χ0n) is 8.57. The van der Waals surface area contributed by atoms with Crippen LogP contribution in [0.15, 0.2) is 0 Å². The summed E-state index contributed by atoms with van der Waals surface area (Å²) < 4.78 is 4.93. The molecule has 3 atom stereocenters. The molecule has 0 spiro atoms. The SMILES string of the molecule is CCC(C(=O)O)C(C)(O)C(C)OC. The highest BCUT2D eigenvalue weighted by molar-refractivity contribution is 5.71. The smallest absolute Gasteiger partial charge is 0.309 e. The quantitative estimate of drug-likeness (QED) is 0.675. The molecule has 3 unspecified atom stereocenters. The molecule has 0 fully saturated rings. The van der Waals surface area contributed by atoms with Crippen molar-refractivity contribution in [3.05, 3.63) is 0 Å². The van der Waals surface area contributed by atoms with Crippen LogP contribution < -0.4 is 0 Å². The van der Waals surface area contributed by atoms with Gasteiger partial charge in [-0.25, -0.2) is 0 Å². The van der Waals surface area contributed by atoms with Gasteiger partial charge in [0.25, 0.3) is 0 Å². The van der Waals surface area contributed by atoms with E-state index in [9.17, 15) is 9.90 Å². The maximum Gasteiger partial charge on any atom is 0.309 e. The Kier molecular flexibility index (Phi) is 4.36. The number of aliphatic carboxylic acids is 1. The number of rotatable bonds is 5. The highest BCUT2D eigenvalue weighted by Gasteiger charge is 2.40. The van der Waals surface area contributed by atoms with Gasteiger partial charge in [0.2, 0.25) is 0 Å². The molecule has 78 valence electrons. The lowest BCUT2D eigenvalue weighted by Gasteiger charge is -2.34. The van der Waals surface area contributed by atoms with Crippen molar-refractivity contribution in [1.29, 1.82) is 0 Å². The van der Waals surface area contributed by atoms with E-state index in [2.05, 4.69) is 0 Å². The largest absolute Gasteiger partial charge is 0.481 e. The van der Waals surface area contributed by atoms with E-state index >= 15 is 0 Å². The minimum Gasteiger partial charge on any atom is -0.481 e. The maximum atomic E-state index is 10.8. The molecule has 0 aliphatic heterocycles. The van der Waals surface area contributed by atoms with Gasteiger partial charge in [-0.3, -0.25) is 4.79 Å². The lowest BCUT2D eigenvalue weighted by Crippen LogP contribution is -2.48. The summed E-state index contributed by atoms with van der Waals surface area (Å²) in [6.07, 6.45) is -0.107. The number of carboxylic acids is 1. The Morgan fingerprint density at radius 2 is 2.08 bits per heavy atom. The van der Waals surface area contributed by atoms with Crippen LogP contribution in [-0.2, 0) is 9.53 Å². The lowest BCUT2D eigenvalue weighted by atomic mass is 9.83. The molecule has 0 saturated carbocycles. The van der Waals surface area contributed by atoms with E-state index in [0.29, 0.717) is 6.42 Å². The van der Waals surface area contributed by atoms with E-state index in [1.165, 1.54) is 14.0 Å². The van der Waals surface area contributed by atoms with E-state index in [-0.39, 0.29) is 0 Å². The van der Waals surface area contributed by atoms with Crippen molar-refractivity contribution in [1.82, 2.24) is 0 Å². The van der Waals surface area contributed by atoms with Crippen LogP contribution >= 0.6 is 0 Å². The van der Waals surface area contributed by atoms with Crippen LogP contribution in [-0.4, -0.2) is 35.0 Å². The van der Waals surface area contributed by atoms with E-state index in [1.807, 2.05) is 0 Å². The zero-order chi connectivity index (χ0) is 10.6. The molecule has 0 aliphatic rings. The van der Waals surface area contributed by atoms with Crippen LogP contribution in [0.3, 0.4) is 0 Å². The summed E-state index contributed by atoms with van der Waals surface area (Å²) in [6, 6.07) is 0. The van der Waals surface area contributed by atoms with Crippen molar-refractivity contribution >= 4 is 5.97 Å². The molecule has 13 heavy (non-hydrogen) atoms. The van der Waals surface area contributed by atoms with Gasteiger partial charge in [0.1, 0.15) is 5.60 Å². The van der Waals surface area contributed by atoms with Crippen LogP contribution in [0, 0.1) is 5.92 Å². The molecule has 0 bridgehead atoms. The van der Waals surface area contributed by atoms with Gasteiger partial charge < -0.3 is 14.9 Å². The Morgan fingerprint density at radius 1 is 1.62 bits per heavy atom. The Bertz CT molecular complexity index is 176. The Labute approximate surface area is 78.5 Å². The molecule has 0 radical (unpaired) electrons. The van der Waals surface area contributed by atoms with Crippen molar-refractivity contribution in [2.24, 2.45) is 5.92 Å². The van der Waals surface area contributed by atoms with E-state index in [4.69, 9.17) is 9.84 Å². The minimum absolute atomic E-state index is 0.385. The molecule has 0 aliphatic carbocycles. The topological polar surface area (TPSA) is 66.8 Å². The number of hydrogen-bond acceptors (Lipinski definition) is 3. The molecule has 0 aromatic heterocycles. The third-order valence-corrected chi connectivity index (χ3v) is 2.59. The van der Waals surface area contributed by atoms with Crippen LogP contribution in [0.25, 0.3) is 0 Å². The van der Waals surface area contributed by atoms with Gasteiger partial charge in [-0.1, -0.05) is 6.92 Å². The average Bonchev–Trinajstić information content (AvgIpc) is 2.02. The summed E-state index contributed by atoms with van der Waals surface area (Å²) >= 11 is 0. The number of hydrogen-bond donors (Lipinski definition) is 2. The predicted octanol–water partition coefficient (Wildman–Crippen LogP) is 0.883. The first-order valence-electron chi connectivity index (χ1n) is 4.35. The van der Waals surface area contributed by atoms with Crippen LogP contribution in [0.1, 0.15) is 27.2 Å². The second-order valence-corrected chi connectivity index (χ2v) is 3.40. The second-order valence-electron chi connectivity index (χ2n) is 3.40. The van der Waals surface area contributed by atoms with Crippen LogP contribution in [0.5, 0.6) is 0 Å². The number of carboxylic acid groups (broad SMARTS) is 1.